The minimum absolute atomic E-state index is 0.168. The van der Waals surface area contributed by atoms with Gasteiger partial charge in [0, 0.05) is 12.6 Å². The molecule has 1 fully saturated rings. The minimum atomic E-state index is -0.168. The van der Waals surface area contributed by atoms with Crippen LogP contribution in [0.15, 0.2) is 24.3 Å². The van der Waals surface area contributed by atoms with Crippen molar-refractivity contribution in [1.82, 2.24) is 4.90 Å². The molecule has 3 heteroatoms. The topological polar surface area (TPSA) is 23.5 Å². The zero-order valence-electron chi connectivity index (χ0n) is 11.4. The number of hydrogen-bond acceptors (Lipinski definition) is 2. The maximum atomic E-state index is 12.8. The van der Waals surface area contributed by atoms with Crippen LogP contribution in [0.2, 0.25) is 0 Å². The van der Waals surface area contributed by atoms with E-state index in [0.29, 0.717) is 6.04 Å². The first-order valence-electron chi connectivity index (χ1n) is 7.24. The molecule has 0 aromatic heterocycles. The van der Waals surface area contributed by atoms with Crippen molar-refractivity contribution < 1.29 is 9.50 Å². The fourth-order valence-electron chi connectivity index (χ4n) is 2.87. The van der Waals surface area contributed by atoms with Crippen molar-refractivity contribution in [2.24, 2.45) is 0 Å². The Bertz CT molecular complexity index is 366. The minimum Gasteiger partial charge on any atom is -0.390 e. The fourth-order valence-corrected chi connectivity index (χ4v) is 2.87. The molecule has 1 unspecified atom stereocenters. The van der Waals surface area contributed by atoms with Crippen molar-refractivity contribution in [3.8, 4) is 0 Å². The lowest BCUT2D eigenvalue weighted by Gasteiger charge is -2.35. The average Bonchev–Trinajstić information content (AvgIpc) is 2.45. The van der Waals surface area contributed by atoms with Crippen LogP contribution in [0.1, 0.15) is 37.7 Å². The average molecular weight is 264 g/mol. The van der Waals surface area contributed by atoms with Gasteiger partial charge in [0.15, 0.2) is 0 Å². The molecule has 1 aliphatic rings. The highest BCUT2D eigenvalue weighted by molar-refractivity contribution is 5.16. The standard InChI is InChI=1S/C16H23FNO/c17-15-8-6-14(7-9-15)10-12-18-11-2-1-4-16(18)5-3-13-19/h6-9,13,16,19H,1-5,10-12H2. The summed E-state index contributed by atoms with van der Waals surface area (Å²) in [4.78, 5) is 2.52. The molecule has 1 aromatic rings. The van der Waals surface area contributed by atoms with Crippen LogP contribution in [0.25, 0.3) is 0 Å². The van der Waals surface area contributed by atoms with E-state index in [1.165, 1.54) is 43.6 Å². The Morgan fingerprint density at radius 2 is 2.05 bits per heavy atom. The Morgan fingerprint density at radius 1 is 1.26 bits per heavy atom. The third-order valence-corrected chi connectivity index (χ3v) is 3.98. The second-order valence-corrected chi connectivity index (χ2v) is 5.32. The number of nitrogens with zero attached hydrogens (tertiary/aromatic N) is 1. The summed E-state index contributed by atoms with van der Waals surface area (Å²) in [5.74, 6) is -0.168. The van der Waals surface area contributed by atoms with Crippen LogP contribution >= 0.6 is 0 Å². The normalized spacial score (nSPS) is 20.6. The summed E-state index contributed by atoms with van der Waals surface area (Å²) in [5, 5.41) is 8.84. The lowest BCUT2D eigenvalue weighted by molar-refractivity contribution is 0.138. The van der Waals surface area contributed by atoms with Crippen LogP contribution < -0.4 is 0 Å². The zero-order chi connectivity index (χ0) is 13.5. The van der Waals surface area contributed by atoms with Crippen LogP contribution in [-0.2, 0) is 6.42 Å². The maximum Gasteiger partial charge on any atom is 0.123 e. The molecule has 1 saturated heterocycles. The van der Waals surface area contributed by atoms with E-state index in [9.17, 15) is 4.39 Å². The number of halogens is 1. The van der Waals surface area contributed by atoms with Gasteiger partial charge in [-0.1, -0.05) is 18.6 Å². The monoisotopic (exact) mass is 264 g/mol. The molecule has 19 heavy (non-hydrogen) atoms. The number of rotatable bonds is 6. The van der Waals surface area contributed by atoms with Crippen molar-refractivity contribution in [2.75, 3.05) is 13.1 Å². The van der Waals surface area contributed by atoms with Gasteiger partial charge < -0.3 is 10.0 Å². The van der Waals surface area contributed by atoms with Crippen molar-refractivity contribution in [3.05, 3.63) is 42.3 Å². The van der Waals surface area contributed by atoms with Gasteiger partial charge in [0.1, 0.15) is 5.82 Å². The molecule has 1 aliphatic heterocycles. The molecule has 0 bridgehead atoms. The second kappa shape index (κ2) is 7.61. The van der Waals surface area contributed by atoms with Gasteiger partial charge in [0.25, 0.3) is 0 Å². The molecule has 0 spiro atoms. The highest BCUT2D eigenvalue weighted by atomic mass is 19.1. The highest BCUT2D eigenvalue weighted by Crippen LogP contribution is 2.21. The molecule has 1 radical (unpaired) electrons. The molecule has 1 N–H and O–H groups in total. The third kappa shape index (κ3) is 4.59. The van der Waals surface area contributed by atoms with E-state index in [0.717, 1.165) is 32.4 Å². The van der Waals surface area contributed by atoms with Crippen molar-refractivity contribution >= 4 is 0 Å². The van der Waals surface area contributed by atoms with Crippen LogP contribution in [0.3, 0.4) is 0 Å². The Labute approximate surface area is 115 Å². The van der Waals surface area contributed by atoms with Crippen LogP contribution in [0, 0.1) is 12.4 Å². The maximum absolute atomic E-state index is 12.8. The lowest BCUT2D eigenvalue weighted by atomic mass is 9.97. The number of aliphatic hydroxyl groups is 1. The van der Waals surface area contributed by atoms with Crippen molar-refractivity contribution in [3.63, 3.8) is 0 Å². The van der Waals surface area contributed by atoms with E-state index in [2.05, 4.69) is 4.90 Å². The molecule has 0 amide bonds. The number of benzene rings is 1. The van der Waals surface area contributed by atoms with E-state index in [-0.39, 0.29) is 5.82 Å². The first-order chi connectivity index (χ1) is 9.29. The smallest absolute Gasteiger partial charge is 0.123 e. The summed E-state index contributed by atoms with van der Waals surface area (Å²) in [6.45, 7) is 3.45. The van der Waals surface area contributed by atoms with Crippen LogP contribution in [0.4, 0.5) is 4.39 Å². The quantitative estimate of drug-likeness (QED) is 0.849. The lowest BCUT2D eigenvalue weighted by Crippen LogP contribution is -2.40. The zero-order valence-corrected chi connectivity index (χ0v) is 11.4. The summed E-state index contributed by atoms with van der Waals surface area (Å²) in [6, 6.07) is 7.40. The van der Waals surface area contributed by atoms with E-state index in [1.54, 1.807) is 0 Å². The number of piperidine rings is 1. The van der Waals surface area contributed by atoms with Gasteiger partial charge in [-0.2, -0.15) is 0 Å². The molecule has 2 rings (SSSR count). The Hall–Kier alpha value is -0.930. The second-order valence-electron chi connectivity index (χ2n) is 5.32. The Balaban J connectivity index is 1.83. The first kappa shape index (κ1) is 14.5. The van der Waals surface area contributed by atoms with Gasteiger partial charge in [-0.3, -0.25) is 0 Å². The van der Waals surface area contributed by atoms with E-state index < -0.39 is 0 Å². The Kier molecular flexibility index (Phi) is 5.80. The summed E-state index contributed by atoms with van der Waals surface area (Å²) < 4.78 is 12.8. The number of likely N-dealkylation sites (tertiary alicyclic amines) is 1. The third-order valence-electron chi connectivity index (χ3n) is 3.98. The van der Waals surface area contributed by atoms with Gasteiger partial charge in [-0.05, 0) is 56.3 Å². The number of hydrogen-bond donors (Lipinski definition) is 1. The van der Waals surface area contributed by atoms with Crippen LogP contribution in [-0.4, -0.2) is 29.1 Å². The van der Waals surface area contributed by atoms with Gasteiger partial charge in [-0.15, -0.1) is 0 Å². The SMILES string of the molecule is O[CH]CCC1CCCCN1CCc1ccc(F)cc1. The molecule has 0 aliphatic carbocycles. The van der Waals surface area contributed by atoms with Crippen molar-refractivity contribution in [1.29, 1.82) is 0 Å². The van der Waals surface area contributed by atoms with E-state index in [4.69, 9.17) is 5.11 Å². The molecular weight excluding hydrogens is 241 g/mol. The molecule has 1 atom stereocenters. The summed E-state index contributed by atoms with van der Waals surface area (Å²) in [6.07, 6.45) is 6.58. The van der Waals surface area contributed by atoms with Gasteiger partial charge in [-0.25, -0.2) is 4.39 Å². The Morgan fingerprint density at radius 3 is 2.79 bits per heavy atom. The van der Waals surface area contributed by atoms with Crippen molar-refractivity contribution in [2.45, 2.75) is 44.6 Å². The molecule has 105 valence electrons. The molecule has 0 saturated carbocycles. The van der Waals surface area contributed by atoms with Gasteiger partial charge >= 0.3 is 0 Å². The van der Waals surface area contributed by atoms with Gasteiger partial charge in [0.05, 0.1) is 6.61 Å². The van der Waals surface area contributed by atoms with Gasteiger partial charge in [0.2, 0.25) is 0 Å². The molecular formula is C16H23FNO. The fraction of sp³-hybridized carbons (Fsp3) is 0.562. The number of aliphatic hydroxyl groups excluding tert-OH is 1. The highest BCUT2D eigenvalue weighted by Gasteiger charge is 2.21. The molecule has 2 nitrogen and oxygen atoms in total. The predicted octanol–water partition coefficient (Wildman–Crippen LogP) is 3.54. The van der Waals surface area contributed by atoms with E-state index >= 15 is 0 Å². The molecule has 1 aromatic carbocycles. The summed E-state index contributed by atoms with van der Waals surface area (Å²) >= 11 is 0. The predicted molar refractivity (Wildman–Crippen MR) is 74.8 cm³/mol. The largest absolute Gasteiger partial charge is 0.390 e. The van der Waals surface area contributed by atoms with E-state index in [1.807, 2.05) is 12.1 Å². The van der Waals surface area contributed by atoms with Crippen LogP contribution in [0.5, 0.6) is 0 Å². The molecule has 1 heterocycles. The first-order valence-corrected chi connectivity index (χ1v) is 7.24. The summed E-state index contributed by atoms with van der Waals surface area (Å²) in [7, 11) is 0. The summed E-state index contributed by atoms with van der Waals surface area (Å²) in [5.41, 5.74) is 1.19.